The van der Waals surface area contributed by atoms with Crippen LogP contribution in [0.2, 0.25) is 0 Å². The van der Waals surface area contributed by atoms with Crippen LogP contribution in [0, 0.1) is 0 Å². The van der Waals surface area contributed by atoms with Gasteiger partial charge in [-0.15, -0.1) is 0 Å². The summed E-state index contributed by atoms with van der Waals surface area (Å²) in [7, 11) is 0. The van der Waals surface area contributed by atoms with E-state index in [9.17, 15) is 0 Å². The Hall–Kier alpha value is -2.85. The molecule has 4 heteroatoms. The summed E-state index contributed by atoms with van der Waals surface area (Å²) in [5.74, 6) is 0.0230. The summed E-state index contributed by atoms with van der Waals surface area (Å²) in [6.45, 7) is 0. The van der Waals surface area contributed by atoms with Gasteiger partial charge in [-0.2, -0.15) is 0 Å². The van der Waals surface area contributed by atoms with Crippen molar-refractivity contribution in [1.29, 1.82) is 0 Å². The first-order chi connectivity index (χ1) is 16.4. The third-order valence-electron chi connectivity index (χ3n) is 3.26. The van der Waals surface area contributed by atoms with Gasteiger partial charge in [-0.3, -0.25) is 0 Å². The maximum atomic E-state index is 8.16. The quantitative estimate of drug-likeness (QED) is 0.449. The molecule has 0 aliphatic rings. The Labute approximate surface area is 168 Å². The summed E-state index contributed by atoms with van der Waals surface area (Å²) in [5, 5.41) is 0. The lowest BCUT2D eigenvalue weighted by Crippen LogP contribution is -1.97. The Morgan fingerprint density at radius 2 is 1.04 bits per heavy atom. The van der Waals surface area contributed by atoms with Crippen LogP contribution in [-0.4, -0.2) is 15.0 Å². The number of aromatic nitrogens is 3. The molecule has 1 aromatic heterocycles. The van der Waals surface area contributed by atoms with Crippen LogP contribution >= 0.6 is 15.9 Å². The Morgan fingerprint density at radius 1 is 0.560 bits per heavy atom. The highest BCUT2D eigenvalue weighted by molar-refractivity contribution is 9.10. The number of hydrogen-bond acceptors (Lipinski definition) is 3. The predicted molar refractivity (Wildman–Crippen MR) is 104 cm³/mol. The lowest BCUT2D eigenvalue weighted by molar-refractivity contribution is 1.03. The molecule has 0 bridgehead atoms. The Kier molecular flexibility index (Phi) is 2.23. The van der Waals surface area contributed by atoms with Crippen LogP contribution in [0.25, 0.3) is 33.9 Å². The van der Waals surface area contributed by atoms with E-state index in [0.717, 1.165) is 0 Å². The molecule has 1 heterocycles. The van der Waals surface area contributed by atoms with E-state index in [1.807, 2.05) is 0 Å². The van der Waals surface area contributed by atoms with Gasteiger partial charge >= 0.3 is 0 Å². The van der Waals surface area contributed by atoms with E-state index in [1.165, 1.54) is 0 Å². The zero-order valence-corrected chi connectivity index (χ0v) is 14.1. The van der Waals surface area contributed by atoms with E-state index in [0.29, 0.717) is 11.1 Å². The molecule has 0 saturated carbocycles. The third kappa shape index (κ3) is 3.49. The molecule has 0 aliphatic heterocycles. The van der Waals surface area contributed by atoms with Crippen molar-refractivity contribution >= 4 is 15.9 Å². The molecule has 0 fully saturated rings. The van der Waals surface area contributed by atoms with Gasteiger partial charge in [-0.1, -0.05) is 84.7 Å². The van der Waals surface area contributed by atoms with Crippen molar-refractivity contribution in [1.82, 2.24) is 15.0 Å². The largest absolute Gasteiger partial charge is 0.208 e. The van der Waals surface area contributed by atoms with Crippen LogP contribution in [0.4, 0.5) is 0 Å². The first kappa shape index (κ1) is 8.02. The molecule has 4 aromatic rings. The minimum atomic E-state index is -0.527. The predicted octanol–water partition coefficient (Wildman–Crippen LogP) is 5.64. The highest BCUT2D eigenvalue weighted by Crippen LogP contribution is 2.25. The van der Waals surface area contributed by atoms with E-state index in [2.05, 4.69) is 30.9 Å². The molecule has 0 atom stereocenters. The van der Waals surface area contributed by atoms with Crippen molar-refractivity contribution in [2.24, 2.45) is 0 Å². The first-order valence-electron chi connectivity index (χ1n) is 12.1. The summed E-state index contributed by atoms with van der Waals surface area (Å²) in [6.07, 6.45) is 0. The van der Waals surface area contributed by atoms with Crippen molar-refractivity contribution in [3.05, 3.63) is 89.4 Å². The molecule has 0 radical (unpaired) electrons. The molecule has 3 aromatic carbocycles. The zero-order chi connectivity index (χ0) is 25.8. The third-order valence-corrected chi connectivity index (χ3v) is 3.62. The van der Waals surface area contributed by atoms with Gasteiger partial charge in [0.15, 0.2) is 11.6 Å². The lowest BCUT2D eigenvalue weighted by atomic mass is 10.0. The molecule has 0 saturated heterocycles. The molecule has 3 nitrogen and oxygen atoms in total. The normalized spacial score (nSPS) is 16.2. The highest BCUT2D eigenvalue weighted by atomic mass is 79.9. The van der Waals surface area contributed by atoms with Crippen molar-refractivity contribution in [2.45, 2.75) is 0 Å². The summed E-state index contributed by atoms with van der Waals surface area (Å²) in [5.41, 5.74) is 0.748. The average Bonchev–Trinajstić information content (AvgIpc) is 2.84. The maximum absolute atomic E-state index is 8.16. The second-order valence-electron chi connectivity index (χ2n) is 4.83. The van der Waals surface area contributed by atoms with E-state index in [-0.39, 0.29) is 39.6 Å². The number of nitrogens with zero attached hydrogens (tertiary/aromatic N) is 3. The van der Waals surface area contributed by atoms with Crippen LogP contribution in [0.5, 0.6) is 0 Å². The van der Waals surface area contributed by atoms with Crippen molar-refractivity contribution in [3.8, 4) is 33.9 Å². The Balaban J connectivity index is 1.83. The van der Waals surface area contributed by atoms with Gasteiger partial charge in [0, 0.05) is 11.1 Å². The lowest BCUT2D eigenvalue weighted by Gasteiger charge is -2.06. The molecule has 0 spiro atoms. The van der Waals surface area contributed by atoms with Gasteiger partial charge in [-0.05, 0) is 27.1 Å². The Morgan fingerprint density at radius 3 is 1.64 bits per heavy atom. The van der Waals surface area contributed by atoms with E-state index >= 15 is 0 Å². The topological polar surface area (TPSA) is 38.7 Å². The van der Waals surface area contributed by atoms with Gasteiger partial charge in [0.2, 0.25) is 4.73 Å². The molecular formula is C21H14BrN3. The monoisotopic (exact) mass is 397 g/mol. The molecular weight excluding hydrogens is 374 g/mol. The molecule has 25 heavy (non-hydrogen) atoms. The highest BCUT2D eigenvalue weighted by Gasteiger charge is 2.09. The second-order valence-corrected chi connectivity index (χ2v) is 5.54. The fourth-order valence-corrected chi connectivity index (χ4v) is 2.47. The minimum Gasteiger partial charge on any atom is -0.208 e. The molecule has 0 aliphatic carbocycles. The fourth-order valence-electron chi connectivity index (χ4n) is 2.13. The van der Waals surface area contributed by atoms with Gasteiger partial charge in [0.1, 0.15) is 0 Å². The first-order valence-corrected chi connectivity index (χ1v) is 7.89. The van der Waals surface area contributed by atoms with E-state index in [1.54, 1.807) is 24.3 Å². The number of hydrogen-bond donors (Lipinski definition) is 0. The Bertz CT molecular complexity index is 1450. The van der Waals surface area contributed by atoms with Crippen LogP contribution in [0.15, 0.2) is 89.4 Å². The van der Waals surface area contributed by atoms with Gasteiger partial charge in [-0.25, -0.2) is 15.0 Å². The van der Waals surface area contributed by atoms with Crippen molar-refractivity contribution in [3.63, 3.8) is 0 Å². The summed E-state index contributed by atoms with van der Waals surface area (Å²) < 4.78 is 79.7. The molecule has 0 amide bonds. The van der Waals surface area contributed by atoms with Crippen LogP contribution in [0.1, 0.15) is 13.7 Å². The summed E-state index contributed by atoms with van der Waals surface area (Å²) >= 11 is 3.18. The second kappa shape index (κ2) is 6.95. The summed E-state index contributed by atoms with van der Waals surface area (Å²) in [4.78, 5) is 12.6. The fraction of sp³-hybridized carbons (Fsp3) is 0. The van der Waals surface area contributed by atoms with Crippen molar-refractivity contribution < 1.29 is 13.7 Å². The van der Waals surface area contributed by atoms with Gasteiger partial charge in [0.25, 0.3) is 0 Å². The SMILES string of the molecule is [2H]c1c([2H])c([2H])c(-c2ccc(-c3nc(Br)nc(-c4c([2H])c([2H])c([2H])c([2H])c4[2H])n3)cc2)c([2H])c1[2H]. The van der Waals surface area contributed by atoms with Gasteiger partial charge in [0.05, 0.1) is 13.7 Å². The molecule has 0 N–H and O–H groups in total. The average molecular weight is 398 g/mol. The maximum Gasteiger partial charge on any atom is 0.200 e. The van der Waals surface area contributed by atoms with Crippen LogP contribution < -0.4 is 0 Å². The minimum absolute atomic E-state index is 0.0548. The van der Waals surface area contributed by atoms with Crippen LogP contribution in [0.3, 0.4) is 0 Å². The molecule has 4 rings (SSSR count). The van der Waals surface area contributed by atoms with Crippen molar-refractivity contribution in [2.75, 3.05) is 0 Å². The zero-order valence-electron chi connectivity index (χ0n) is 22.5. The van der Waals surface area contributed by atoms with Gasteiger partial charge < -0.3 is 0 Å². The number of benzene rings is 3. The number of rotatable bonds is 3. The van der Waals surface area contributed by atoms with E-state index < -0.39 is 48.3 Å². The van der Waals surface area contributed by atoms with E-state index in [4.69, 9.17) is 13.7 Å². The smallest absolute Gasteiger partial charge is 0.200 e. The summed E-state index contributed by atoms with van der Waals surface area (Å²) in [6, 6.07) is 1.85. The standard InChI is InChI=1S/C21H14BrN3/c22-21-24-19(17-9-5-2-6-10-17)23-20(25-21)18-13-11-16(12-14-18)15-7-3-1-4-8-15/h1-14H/i1D,2D,3D,4D,5D,6D,7D,8D,9D,10D. The molecule has 120 valence electrons. The molecule has 0 unspecified atom stereocenters. The number of halogens is 1. The van der Waals surface area contributed by atoms with Crippen LogP contribution in [-0.2, 0) is 0 Å².